The Morgan fingerprint density at radius 2 is 2.58 bits per heavy atom. The van der Waals surface area contributed by atoms with Crippen molar-refractivity contribution in [3.63, 3.8) is 0 Å². The molecule has 5 heteroatoms. The van der Waals surface area contributed by atoms with E-state index < -0.39 is 0 Å². The van der Waals surface area contributed by atoms with Crippen LogP contribution in [-0.4, -0.2) is 22.0 Å². The van der Waals surface area contributed by atoms with E-state index in [2.05, 4.69) is 15.5 Å². The Kier molecular flexibility index (Phi) is 3.10. The van der Waals surface area contributed by atoms with Crippen LogP contribution in [0.4, 0.5) is 5.82 Å². The number of nitrogens with zero attached hydrogens (tertiary/aromatic N) is 1. The summed E-state index contributed by atoms with van der Waals surface area (Å²) in [5, 5.41) is 9.08. The highest BCUT2D eigenvalue weighted by Crippen LogP contribution is 2.10. The molecule has 0 aromatic carbocycles. The maximum absolute atomic E-state index is 10.9. The molecule has 1 aromatic heterocycles. The van der Waals surface area contributed by atoms with Gasteiger partial charge in [0.1, 0.15) is 11.7 Å². The van der Waals surface area contributed by atoms with Gasteiger partial charge in [-0.1, -0.05) is 6.92 Å². The molecule has 1 aromatic rings. The fourth-order valence-corrected chi connectivity index (χ4v) is 0.927. The number of alkyl halides is 1. The average molecular weight is 188 g/mol. The summed E-state index contributed by atoms with van der Waals surface area (Å²) < 4.78 is 0. The summed E-state index contributed by atoms with van der Waals surface area (Å²) in [6, 6.07) is 0. The largest absolute Gasteiger partial charge is 0.310 e. The molecule has 0 atom stereocenters. The lowest BCUT2D eigenvalue weighted by molar-refractivity contribution is -0.113. The van der Waals surface area contributed by atoms with Gasteiger partial charge < -0.3 is 5.32 Å². The van der Waals surface area contributed by atoms with Gasteiger partial charge in [0.25, 0.3) is 0 Å². The molecule has 0 fully saturated rings. The van der Waals surface area contributed by atoms with Crippen molar-refractivity contribution in [3.05, 3.63) is 11.8 Å². The van der Waals surface area contributed by atoms with Gasteiger partial charge in [-0.25, -0.2) is 0 Å². The molecule has 0 bridgehead atoms. The molecule has 2 N–H and O–H groups in total. The molecule has 12 heavy (non-hydrogen) atoms. The van der Waals surface area contributed by atoms with Gasteiger partial charge in [0.15, 0.2) is 0 Å². The van der Waals surface area contributed by atoms with E-state index in [4.69, 9.17) is 11.6 Å². The number of carbonyl (C=O) groups excluding carboxylic acids is 1. The number of aromatic nitrogens is 2. The first-order valence-electron chi connectivity index (χ1n) is 3.66. The van der Waals surface area contributed by atoms with E-state index in [-0.39, 0.29) is 11.8 Å². The van der Waals surface area contributed by atoms with Crippen molar-refractivity contribution in [2.45, 2.75) is 13.3 Å². The van der Waals surface area contributed by atoms with Gasteiger partial charge in [-0.2, -0.15) is 5.10 Å². The number of aromatic amines is 1. The van der Waals surface area contributed by atoms with Crippen LogP contribution < -0.4 is 5.32 Å². The van der Waals surface area contributed by atoms with Crippen LogP contribution in [0.25, 0.3) is 0 Å². The molecular weight excluding hydrogens is 178 g/mol. The minimum Gasteiger partial charge on any atom is -0.310 e. The first-order chi connectivity index (χ1) is 5.77. The number of carbonyl (C=O) groups is 1. The van der Waals surface area contributed by atoms with Gasteiger partial charge in [0.05, 0.1) is 6.20 Å². The van der Waals surface area contributed by atoms with E-state index in [1.54, 1.807) is 6.20 Å². The van der Waals surface area contributed by atoms with Gasteiger partial charge in [0.2, 0.25) is 5.91 Å². The van der Waals surface area contributed by atoms with Crippen molar-refractivity contribution >= 4 is 23.3 Å². The molecule has 4 nitrogen and oxygen atoms in total. The van der Waals surface area contributed by atoms with Gasteiger partial charge >= 0.3 is 0 Å². The highest BCUT2D eigenvalue weighted by atomic mass is 35.5. The highest BCUT2D eigenvalue weighted by Gasteiger charge is 2.05. The number of anilines is 1. The van der Waals surface area contributed by atoms with Crippen LogP contribution >= 0.6 is 11.6 Å². The fraction of sp³-hybridized carbons (Fsp3) is 0.429. The van der Waals surface area contributed by atoms with E-state index in [0.29, 0.717) is 5.82 Å². The summed E-state index contributed by atoms with van der Waals surface area (Å²) in [6.45, 7) is 1.99. The van der Waals surface area contributed by atoms with Gasteiger partial charge in [-0.05, 0) is 6.42 Å². The van der Waals surface area contributed by atoms with E-state index in [0.717, 1.165) is 12.0 Å². The molecule has 0 aliphatic carbocycles. The fourth-order valence-electron chi connectivity index (χ4n) is 0.860. The van der Waals surface area contributed by atoms with E-state index >= 15 is 0 Å². The smallest absolute Gasteiger partial charge is 0.240 e. The monoisotopic (exact) mass is 187 g/mol. The lowest BCUT2D eigenvalue weighted by atomic mass is 10.2. The van der Waals surface area contributed by atoms with Crippen molar-refractivity contribution in [2.75, 3.05) is 11.2 Å². The molecule has 0 unspecified atom stereocenters. The summed E-state index contributed by atoms with van der Waals surface area (Å²) in [6.07, 6.45) is 2.51. The summed E-state index contributed by atoms with van der Waals surface area (Å²) in [5.74, 6) is 0.376. The molecule has 0 saturated heterocycles. The Balaban J connectivity index is 2.68. The number of amides is 1. The summed E-state index contributed by atoms with van der Waals surface area (Å²) in [5.41, 5.74) is 0.980. The molecule has 1 rings (SSSR count). The van der Waals surface area contributed by atoms with Gasteiger partial charge in [-0.15, -0.1) is 11.6 Å². The summed E-state index contributed by atoms with van der Waals surface area (Å²) >= 11 is 5.32. The van der Waals surface area contributed by atoms with Gasteiger partial charge in [0, 0.05) is 5.56 Å². The van der Waals surface area contributed by atoms with Crippen LogP contribution in [0.3, 0.4) is 0 Å². The summed E-state index contributed by atoms with van der Waals surface area (Å²) in [7, 11) is 0. The second-order valence-corrected chi connectivity index (χ2v) is 2.57. The van der Waals surface area contributed by atoms with Crippen molar-refractivity contribution in [1.82, 2.24) is 10.2 Å². The Labute approximate surface area is 75.3 Å². The molecular formula is C7H10ClN3O. The quantitative estimate of drug-likeness (QED) is 0.698. The van der Waals surface area contributed by atoms with Crippen molar-refractivity contribution in [1.29, 1.82) is 0 Å². The van der Waals surface area contributed by atoms with Crippen LogP contribution in [0.15, 0.2) is 6.20 Å². The zero-order valence-electron chi connectivity index (χ0n) is 6.72. The number of rotatable bonds is 3. The van der Waals surface area contributed by atoms with Crippen LogP contribution in [0.5, 0.6) is 0 Å². The average Bonchev–Trinajstić information content (AvgIpc) is 2.51. The van der Waals surface area contributed by atoms with Crippen molar-refractivity contribution in [3.8, 4) is 0 Å². The van der Waals surface area contributed by atoms with Crippen molar-refractivity contribution < 1.29 is 4.79 Å². The predicted octanol–water partition coefficient (Wildman–Crippen LogP) is 1.15. The predicted molar refractivity (Wildman–Crippen MR) is 47.3 cm³/mol. The lowest BCUT2D eigenvalue weighted by Crippen LogP contribution is -2.13. The Morgan fingerprint density at radius 1 is 1.83 bits per heavy atom. The number of hydrogen-bond donors (Lipinski definition) is 2. The van der Waals surface area contributed by atoms with Crippen LogP contribution in [0.1, 0.15) is 12.5 Å². The molecule has 1 amide bonds. The van der Waals surface area contributed by atoms with Crippen LogP contribution in [0, 0.1) is 0 Å². The molecule has 0 spiro atoms. The number of H-pyrrole nitrogens is 1. The van der Waals surface area contributed by atoms with Crippen LogP contribution in [0.2, 0.25) is 0 Å². The van der Waals surface area contributed by atoms with E-state index in [1.807, 2.05) is 6.92 Å². The second-order valence-electron chi connectivity index (χ2n) is 2.31. The molecule has 0 saturated carbocycles. The first-order valence-corrected chi connectivity index (χ1v) is 4.19. The molecule has 66 valence electrons. The minimum absolute atomic E-state index is 0.0395. The Morgan fingerprint density at radius 3 is 3.17 bits per heavy atom. The third-order valence-corrected chi connectivity index (χ3v) is 1.73. The van der Waals surface area contributed by atoms with Crippen LogP contribution in [-0.2, 0) is 11.2 Å². The molecule has 0 aliphatic heterocycles. The minimum atomic E-state index is -0.226. The van der Waals surface area contributed by atoms with Gasteiger partial charge in [-0.3, -0.25) is 9.89 Å². The normalized spacial score (nSPS) is 9.83. The molecule has 1 heterocycles. The standard InChI is InChI=1S/C7H10ClN3O/c1-2-5-4-9-11-7(5)10-6(12)3-8/h4H,2-3H2,1H3,(H2,9,10,11,12). The zero-order chi connectivity index (χ0) is 8.97. The third-order valence-electron chi connectivity index (χ3n) is 1.48. The number of hydrogen-bond acceptors (Lipinski definition) is 2. The third kappa shape index (κ3) is 1.98. The number of nitrogens with one attached hydrogen (secondary N) is 2. The lowest BCUT2D eigenvalue weighted by Gasteiger charge is -2.00. The van der Waals surface area contributed by atoms with E-state index in [1.165, 1.54) is 0 Å². The number of aryl methyl sites for hydroxylation is 1. The van der Waals surface area contributed by atoms with Crippen molar-refractivity contribution in [2.24, 2.45) is 0 Å². The van der Waals surface area contributed by atoms with E-state index in [9.17, 15) is 4.79 Å². The SMILES string of the molecule is CCc1cn[nH]c1NC(=O)CCl. The topological polar surface area (TPSA) is 57.8 Å². The highest BCUT2D eigenvalue weighted by molar-refractivity contribution is 6.29. The molecule has 0 aliphatic rings. The molecule has 0 radical (unpaired) electrons. The Hall–Kier alpha value is -1.03. The first kappa shape index (κ1) is 9.06. The maximum Gasteiger partial charge on any atom is 0.240 e. The Bertz CT molecular complexity index is 271. The maximum atomic E-state index is 10.9. The number of halogens is 1. The second kappa shape index (κ2) is 4.11. The zero-order valence-corrected chi connectivity index (χ0v) is 7.48. The summed E-state index contributed by atoms with van der Waals surface area (Å²) in [4.78, 5) is 10.9.